The summed E-state index contributed by atoms with van der Waals surface area (Å²) in [4.78, 5) is 14.7. The Labute approximate surface area is 202 Å². The van der Waals surface area contributed by atoms with Gasteiger partial charge in [-0.25, -0.2) is 4.39 Å². The van der Waals surface area contributed by atoms with Crippen molar-refractivity contribution in [2.75, 3.05) is 7.05 Å². The molecule has 1 heterocycles. The van der Waals surface area contributed by atoms with Gasteiger partial charge in [0.15, 0.2) is 5.78 Å². The van der Waals surface area contributed by atoms with E-state index in [1.807, 2.05) is 12.1 Å². The number of ketones is 1. The average Bonchev–Trinajstić information content (AvgIpc) is 2.77. The first-order valence-electron chi connectivity index (χ1n) is 10.1. The van der Waals surface area contributed by atoms with Crippen molar-refractivity contribution in [3.8, 4) is 11.8 Å². The molecule has 1 aliphatic carbocycles. The number of carbonyl (C=O) groups is 1. The molecule has 2 aliphatic rings. The lowest BCUT2D eigenvalue weighted by molar-refractivity contribution is -0.116. The van der Waals surface area contributed by atoms with Crippen molar-refractivity contribution in [1.82, 2.24) is 4.90 Å². The van der Waals surface area contributed by atoms with Crippen LogP contribution in [0.25, 0.3) is 0 Å². The van der Waals surface area contributed by atoms with Crippen LogP contribution in [0.5, 0.6) is 5.75 Å². The molecule has 32 heavy (non-hydrogen) atoms. The van der Waals surface area contributed by atoms with Crippen molar-refractivity contribution in [3.05, 3.63) is 85.0 Å². The predicted octanol–water partition coefficient (Wildman–Crippen LogP) is 5.66. The first kappa shape index (κ1) is 22.6. The minimum atomic E-state index is -0.530. The van der Waals surface area contributed by atoms with Gasteiger partial charge in [-0.2, -0.15) is 5.26 Å². The van der Waals surface area contributed by atoms with Gasteiger partial charge in [0.1, 0.15) is 24.0 Å². The number of ether oxygens (including phenoxy) is 1. The van der Waals surface area contributed by atoms with E-state index in [0.29, 0.717) is 38.1 Å². The van der Waals surface area contributed by atoms with Crippen LogP contribution in [0.2, 0.25) is 0 Å². The van der Waals surface area contributed by atoms with Crippen LogP contribution < -0.4 is 10.5 Å². The Morgan fingerprint density at radius 1 is 1.22 bits per heavy atom. The largest absolute Gasteiger partial charge is 0.487 e. The van der Waals surface area contributed by atoms with Crippen LogP contribution in [0, 0.1) is 17.1 Å². The molecular weight excluding hydrogens is 541 g/mol. The summed E-state index contributed by atoms with van der Waals surface area (Å²) in [5.74, 6) is 0.163. The fraction of sp³-hybridized carbons (Fsp3) is 0.250. The second kappa shape index (κ2) is 9.08. The quantitative estimate of drug-likeness (QED) is 0.522. The van der Waals surface area contributed by atoms with Gasteiger partial charge in [-0.3, -0.25) is 4.79 Å². The number of nitrogens with two attached hydrogens (primary N) is 1. The van der Waals surface area contributed by atoms with Gasteiger partial charge in [-0.15, -0.1) is 0 Å². The standard InChI is InChI=1S/C24H20Br2FN3O2/c1-30-19-3-2-4-20(31)22(19)21(16(11-28)24(30)29)14-9-17(25)23(18(26)10-14)32-12-13-5-7-15(27)8-6-13/h5-10,21H,2-4,12,29H2,1H3/t21-/m0/s1. The predicted molar refractivity (Wildman–Crippen MR) is 126 cm³/mol. The summed E-state index contributed by atoms with van der Waals surface area (Å²) in [6.45, 7) is 0.259. The third-order valence-electron chi connectivity index (χ3n) is 5.82. The van der Waals surface area contributed by atoms with Crippen LogP contribution in [0.4, 0.5) is 4.39 Å². The molecule has 2 aromatic carbocycles. The van der Waals surface area contributed by atoms with Crippen molar-refractivity contribution in [2.24, 2.45) is 5.73 Å². The van der Waals surface area contributed by atoms with E-state index in [4.69, 9.17) is 10.5 Å². The van der Waals surface area contributed by atoms with Crippen LogP contribution in [-0.4, -0.2) is 17.7 Å². The van der Waals surface area contributed by atoms with Gasteiger partial charge in [0.05, 0.1) is 26.5 Å². The molecular formula is C24H20Br2FN3O2. The van der Waals surface area contributed by atoms with E-state index in [0.717, 1.165) is 29.7 Å². The summed E-state index contributed by atoms with van der Waals surface area (Å²) >= 11 is 7.13. The van der Waals surface area contributed by atoms with E-state index in [-0.39, 0.29) is 18.2 Å². The van der Waals surface area contributed by atoms with Crippen LogP contribution >= 0.6 is 31.9 Å². The molecule has 0 aromatic heterocycles. The molecule has 0 bridgehead atoms. The lowest BCUT2D eigenvalue weighted by Crippen LogP contribution is -2.36. The number of nitriles is 1. The minimum Gasteiger partial charge on any atom is -0.487 e. The van der Waals surface area contributed by atoms with Crippen molar-refractivity contribution < 1.29 is 13.9 Å². The molecule has 0 amide bonds. The van der Waals surface area contributed by atoms with Gasteiger partial charge in [0.25, 0.3) is 0 Å². The van der Waals surface area contributed by atoms with Crippen molar-refractivity contribution in [3.63, 3.8) is 0 Å². The fourth-order valence-corrected chi connectivity index (χ4v) is 5.67. The molecule has 0 saturated heterocycles. The van der Waals surface area contributed by atoms with Gasteiger partial charge in [0.2, 0.25) is 0 Å². The maximum atomic E-state index is 13.1. The fourth-order valence-electron chi connectivity index (χ4n) is 4.22. The molecule has 5 nitrogen and oxygen atoms in total. The number of rotatable bonds is 4. The van der Waals surface area contributed by atoms with E-state index in [1.54, 1.807) is 24.1 Å². The number of hydrogen-bond acceptors (Lipinski definition) is 5. The van der Waals surface area contributed by atoms with E-state index in [2.05, 4.69) is 37.9 Å². The molecule has 0 spiro atoms. The van der Waals surface area contributed by atoms with Crippen LogP contribution in [-0.2, 0) is 11.4 Å². The first-order valence-corrected chi connectivity index (χ1v) is 11.7. The minimum absolute atomic E-state index is 0.0484. The SMILES string of the molecule is CN1C(N)=C(C#N)[C@H](c2cc(Br)c(OCc3ccc(F)cc3)c(Br)c2)C2=C1CCCC2=O. The number of nitrogens with zero attached hydrogens (tertiary/aromatic N) is 2. The summed E-state index contributed by atoms with van der Waals surface area (Å²) in [5.41, 5.74) is 9.79. The topological polar surface area (TPSA) is 79.3 Å². The van der Waals surface area contributed by atoms with Gasteiger partial charge in [-0.1, -0.05) is 12.1 Å². The molecule has 0 unspecified atom stereocenters. The Morgan fingerprint density at radius 2 is 1.88 bits per heavy atom. The Balaban J connectivity index is 1.72. The molecule has 1 aliphatic heterocycles. The zero-order valence-electron chi connectivity index (χ0n) is 17.3. The van der Waals surface area contributed by atoms with Crippen LogP contribution in [0.15, 0.2) is 68.0 Å². The van der Waals surface area contributed by atoms with Gasteiger partial charge < -0.3 is 15.4 Å². The molecule has 164 valence electrons. The third-order valence-corrected chi connectivity index (χ3v) is 7.00. The molecule has 8 heteroatoms. The summed E-state index contributed by atoms with van der Waals surface area (Å²) in [5, 5.41) is 9.89. The van der Waals surface area contributed by atoms with E-state index < -0.39 is 5.92 Å². The lowest BCUT2D eigenvalue weighted by atomic mass is 9.76. The summed E-state index contributed by atoms with van der Waals surface area (Å²) in [7, 11) is 1.80. The summed E-state index contributed by atoms with van der Waals surface area (Å²) < 4.78 is 20.4. The zero-order chi connectivity index (χ0) is 23.0. The molecule has 0 fully saturated rings. The Morgan fingerprint density at radius 3 is 2.50 bits per heavy atom. The van der Waals surface area contributed by atoms with E-state index >= 15 is 0 Å². The molecule has 0 radical (unpaired) electrons. The van der Waals surface area contributed by atoms with Crippen molar-refractivity contribution in [2.45, 2.75) is 31.8 Å². The highest BCUT2D eigenvalue weighted by atomic mass is 79.9. The Kier molecular flexibility index (Phi) is 6.40. The lowest BCUT2D eigenvalue weighted by Gasteiger charge is -2.37. The molecule has 1 atom stereocenters. The first-order chi connectivity index (χ1) is 15.3. The Bertz CT molecular complexity index is 1180. The maximum Gasteiger partial charge on any atom is 0.161 e. The highest BCUT2D eigenvalue weighted by Gasteiger charge is 2.39. The summed E-state index contributed by atoms with van der Waals surface area (Å²) in [6.07, 6.45) is 1.98. The maximum absolute atomic E-state index is 13.1. The molecule has 0 saturated carbocycles. The monoisotopic (exact) mass is 559 g/mol. The number of carbonyl (C=O) groups excluding carboxylic acids is 1. The highest BCUT2D eigenvalue weighted by molar-refractivity contribution is 9.11. The number of hydrogen-bond donors (Lipinski definition) is 1. The van der Waals surface area contributed by atoms with Crippen LogP contribution in [0.1, 0.15) is 36.3 Å². The molecule has 2 aromatic rings. The van der Waals surface area contributed by atoms with Gasteiger partial charge in [0, 0.05) is 24.7 Å². The average molecular weight is 561 g/mol. The van der Waals surface area contributed by atoms with Crippen molar-refractivity contribution in [1.29, 1.82) is 5.26 Å². The third kappa shape index (κ3) is 4.07. The number of benzene rings is 2. The van der Waals surface area contributed by atoms with E-state index in [1.165, 1.54) is 12.1 Å². The second-order valence-corrected chi connectivity index (χ2v) is 9.48. The van der Waals surface area contributed by atoms with Crippen LogP contribution in [0.3, 0.4) is 0 Å². The smallest absolute Gasteiger partial charge is 0.161 e. The van der Waals surface area contributed by atoms with Gasteiger partial charge in [-0.05, 0) is 80.1 Å². The normalized spacial score (nSPS) is 18.5. The van der Waals surface area contributed by atoms with E-state index in [9.17, 15) is 14.4 Å². The zero-order valence-corrected chi connectivity index (χ0v) is 20.5. The number of allylic oxidation sites excluding steroid dienone is 3. The number of halogens is 3. The Hall–Kier alpha value is -2.63. The summed E-state index contributed by atoms with van der Waals surface area (Å²) in [6, 6.07) is 12.1. The molecule has 2 N–H and O–H groups in total. The second-order valence-electron chi connectivity index (χ2n) is 7.77. The highest BCUT2D eigenvalue weighted by Crippen LogP contribution is 2.46. The van der Waals surface area contributed by atoms with Gasteiger partial charge >= 0.3 is 0 Å². The van der Waals surface area contributed by atoms with Crippen molar-refractivity contribution >= 4 is 37.6 Å². The number of Topliss-reactive ketones (excluding diaryl/α,β-unsaturated/α-hetero) is 1. The molecule has 4 rings (SSSR count).